The summed E-state index contributed by atoms with van der Waals surface area (Å²) >= 11 is 0. The molecule has 7 nitrogen and oxygen atoms in total. The largest absolute Gasteiger partial charge is 0.481 e. The topological polar surface area (TPSA) is 70.9 Å². The fraction of sp³-hybridized carbons (Fsp3) is 0.500. The molecule has 0 amide bonds. The molecular formula is C16H21N5O2. The van der Waals surface area contributed by atoms with Gasteiger partial charge >= 0.3 is 0 Å². The van der Waals surface area contributed by atoms with Gasteiger partial charge in [0.25, 0.3) is 0 Å². The first-order valence-electron chi connectivity index (χ1n) is 7.78. The number of methoxy groups -OCH3 is 1. The van der Waals surface area contributed by atoms with Crippen molar-refractivity contribution in [1.82, 2.24) is 19.9 Å². The zero-order chi connectivity index (χ0) is 16.2. The van der Waals surface area contributed by atoms with Crippen LogP contribution in [0.5, 0.6) is 5.88 Å². The zero-order valence-corrected chi connectivity index (χ0v) is 13.5. The summed E-state index contributed by atoms with van der Waals surface area (Å²) in [4.78, 5) is 21.9. The molecule has 2 aromatic heterocycles. The van der Waals surface area contributed by atoms with Gasteiger partial charge in [-0.15, -0.1) is 4.91 Å². The van der Waals surface area contributed by atoms with Crippen LogP contribution in [-0.4, -0.2) is 59.7 Å². The number of fused-ring (bicyclic) bond motifs is 1. The molecule has 1 aliphatic rings. The van der Waals surface area contributed by atoms with E-state index in [1.54, 1.807) is 14.2 Å². The fourth-order valence-corrected chi connectivity index (χ4v) is 3.04. The molecule has 2 aromatic rings. The molecule has 1 unspecified atom stereocenters. The third-order valence-corrected chi connectivity index (χ3v) is 4.45. The van der Waals surface area contributed by atoms with Gasteiger partial charge in [0.05, 0.1) is 29.5 Å². The van der Waals surface area contributed by atoms with Gasteiger partial charge in [-0.1, -0.05) is 0 Å². The number of nitrogens with zero attached hydrogens (tertiary/aromatic N) is 5. The highest BCUT2D eigenvalue weighted by molar-refractivity contribution is 5.78. The maximum absolute atomic E-state index is 10.6. The molecule has 0 bridgehead atoms. The molecule has 3 rings (SSSR count). The van der Waals surface area contributed by atoms with Crippen LogP contribution in [0.4, 0.5) is 0 Å². The minimum atomic E-state index is 0.222. The standard InChI is InChI=1S/C16H21N5O2/c1-20(19-22)13-7-10-21(11-13)9-6-12-5-8-17-14-3-4-15(23-2)18-16(12)14/h3-5,8,13H,6-7,9-11H2,1-2H3. The van der Waals surface area contributed by atoms with Gasteiger partial charge < -0.3 is 9.64 Å². The van der Waals surface area contributed by atoms with Gasteiger partial charge in [0, 0.05) is 38.9 Å². The Hall–Kier alpha value is -2.28. The van der Waals surface area contributed by atoms with Gasteiger partial charge in [-0.05, 0) is 30.5 Å². The van der Waals surface area contributed by atoms with Crippen molar-refractivity contribution in [3.05, 3.63) is 34.9 Å². The molecule has 7 heteroatoms. The summed E-state index contributed by atoms with van der Waals surface area (Å²) in [5.41, 5.74) is 2.95. The summed E-state index contributed by atoms with van der Waals surface area (Å²) in [6.45, 7) is 2.80. The average molecular weight is 315 g/mol. The van der Waals surface area contributed by atoms with E-state index in [1.165, 1.54) is 10.6 Å². The maximum atomic E-state index is 10.6. The lowest BCUT2D eigenvalue weighted by molar-refractivity contribution is 0.238. The fourth-order valence-electron chi connectivity index (χ4n) is 3.04. The Bertz CT molecular complexity index is 693. The molecule has 0 radical (unpaired) electrons. The molecule has 0 spiro atoms. The Morgan fingerprint density at radius 1 is 1.43 bits per heavy atom. The Kier molecular flexibility index (Phi) is 4.66. The second-order valence-corrected chi connectivity index (χ2v) is 5.84. The Morgan fingerprint density at radius 2 is 2.30 bits per heavy atom. The van der Waals surface area contributed by atoms with E-state index in [2.05, 4.69) is 20.2 Å². The van der Waals surface area contributed by atoms with Gasteiger partial charge in [0.1, 0.15) is 0 Å². The third kappa shape index (κ3) is 3.39. The Balaban J connectivity index is 1.69. The van der Waals surface area contributed by atoms with E-state index < -0.39 is 0 Å². The molecular weight excluding hydrogens is 294 g/mol. The van der Waals surface area contributed by atoms with Crippen LogP contribution in [0.2, 0.25) is 0 Å². The van der Waals surface area contributed by atoms with Crippen molar-refractivity contribution >= 4 is 11.0 Å². The molecule has 1 saturated heterocycles. The lowest BCUT2D eigenvalue weighted by atomic mass is 10.1. The van der Waals surface area contributed by atoms with E-state index >= 15 is 0 Å². The van der Waals surface area contributed by atoms with Crippen LogP contribution in [0.3, 0.4) is 0 Å². The third-order valence-electron chi connectivity index (χ3n) is 4.45. The molecule has 0 saturated carbocycles. The quantitative estimate of drug-likeness (QED) is 0.598. The lowest BCUT2D eigenvalue weighted by Crippen LogP contribution is -2.31. The molecule has 1 atom stereocenters. The molecule has 3 heterocycles. The number of hydrogen-bond acceptors (Lipinski definition) is 6. The number of rotatable bonds is 6. The average Bonchev–Trinajstić information content (AvgIpc) is 3.07. The number of nitroso groups, excluding NO2 is 1. The summed E-state index contributed by atoms with van der Waals surface area (Å²) in [6, 6.07) is 6.00. The summed E-state index contributed by atoms with van der Waals surface area (Å²) < 4.78 is 5.21. The summed E-state index contributed by atoms with van der Waals surface area (Å²) in [6.07, 6.45) is 3.69. The smallest absolute Gasteiger partial charge is 0.213 e. The van der Waals surface area contributed by atoms with E-state index in [9.17, 15) is 4.91 Å². The van der Waals surface area contributed by atoms with Crippen molar-refractivity contribution in [2.24, 2.45) is 5.29 Å². The second-order valence-electron chi connectivity index (χ2n) is 5.84. The Morgan fingerprint density at radius 3 is 3.09 bits per heavy atom. The highest BCUT2D eigenvalue weighted by Gasteiger charge is 2.25. The van der Waals surface area contributed by atoms with Crippen LogP contribution in [0.25, 0.3) is 11.0 Å². The van der Waals surface area contributed by atoms with E-state index in [0.29, 0.717) is 5.88 Å². The molecule has 23 heavy (non-hydrogen) atoms. The summed E-state index contributed by atoms with van der Waals surface area (Å²) in [5.74, 6) is 0.603. The molecule has 122 valence electrons. The van der Waals surface area contributed by atoms with Crippen molar-refractivity contribution in [1.29, 1.82) is 0 Å². The maximum Gasteiger partial charge on any atom is 0.213 e. The van der Waals surface area contributed by atoms with E-state index in [1.807, 2.05) is 24.4 Å². The van der Waals surface area contributed by atoms with Gasteiger partial charge in [0.2, 0.25) is 5.88 Å². The van der Waals surface area contributed by atoms with Gasteiger partial charge in [-0.3, -0.25) is 9.99 Å². The molecule has 1 aliphatic heterocycles. The van der Waals surface area contributed by atoms with Gasteiger partial charge in [-0.25, -0.2) is 4.98 Å². The zero-order valence-electron chi connectivity index (χ0n) is 13.5. The van der Waals surface area contributed by atoms with Gasteiger partial charge in [-0.2, -0.15) is 0 Å². The van der Waals surface area contributed by atoms with Gasteiger partial charge in [0.15, 0.2) is 0 Å². The van der Waals surface area contributed by atoms with Crippen LogP contribution < -0.4 is 4.74 Å². The number of ether oxygens (including phenoxy) is 1. The number of aromatic nitrogens is 2. The minimum Gasteiger partial charge on any atom is -0.481 e. The monoisotopic (exact) mass is 315 g/mol. The van der Waals surface area contributed by atoms with Crippen molar-refractivity contribution in [3.8, 4) is 5.88 Å². The molecule has 1 fully saturated rings. The minimum absolute atomic E-state index is 0.222. The number of pyridine rings is 2. The lowest BCUT2D eigenvalue weighted by Gasteiger charge is -2.19. The van der Waals surface area contributed by atoms with Crippen LogP contribution >= 0.6 is 0 Å². The predicted molar refractivity (Wildman–Crippen MR) is 88.2 cm³/mol. The number of likely N-dealkylation sites (N-methyl/N-ethyl adjacent to an activating group) is 1. The van der Waals surface area contributed by atoms with Crippen molar-refractivity contribution in [2.45, 2.75) is 18.9 Å². The van der Waals surface area contributed by atoms with E-state index in [0.717, 1.165) is 43.5 Å². The number of likely N-dealkylation sites (tertiary alicyclic amines) is 1. The Labute approximate surface area is 135 Å². The summed E-state index contributed by atoms with van der Waals surface area (Å²) in [7, 11) is 3.36. The van der Waals surface area contributed by atoms with Crippen molar-refractivity contribution in [3.63, 3.8) is 0 Å². The SMILES string of the molecule is COc1ccc2nccc(CCN3CCC(N(C)N=O)C3)c2n1. The van der Waals surface area contributed by atoms with Crippen molar-refractivity contribution < 1.29 is 4.74 Å². The highest BCUT2D eigenvalue weighted by atomic mass is 16.5. The first kappa shape index (κ1) is 15.6. The molecule has 0 N–H and O–H groups in total. The predicted octanol–water partition coefficient (Wildman–Crippen LogP) is 1.87. The van der Waals surface area contributed by atoms with Crippen LogP contribution in [0.1, 0.15) is 12.0 Å². The molecule has 0 aromatic carbocycles. The number of hydrogen-bond donors (Lipinski definition) is 0. The highest BCUT2D eigenvalue weighted by Crippen LogP contribution is 2.20. The van der Waals surface area contributed by atoms with Crippen LogP contribution in [0.15, 0.2) is 29.7 Å². The first-order valence-corrected chi connectivity index (χ1v) is 7.78. The van der Waals surface area contributed by atoms with Crippen LogP contribution in [-0.2, 0) is 6.42 Å². The van der Waals surface area contributed by atoms with E-state index in [-0.39, 0.29) is 6.04 Å². The van der Waals surface area contributed by atoms with Crippen molar-refractivity contribution in [2.75, 3.05) is 33.8 Å². The summed E-state index contributed by atoms with van der Waals surface area (Å²) in [5, 5.41) is 4.53. The normalized spacial score (nSPS) is 18.3. The molecule has 0 aliphatic carbocycles. The first-order chi connectivity index (χ1) is 11.2. The van der Waals surface area contributed by atoms with Crippen LogP contribution in [0, 0.1) is 4.91 Å². The second kappa shape index (κ2) is 6.87. The van der Waals surface area contributed by atoms with E-state index in [4.69, 9.17) is 4.74 Å².